The molecule has 148 valence electrons. The van der Waals surface area contributed by atoms with Crippen LogP contribution in [0.3, 0.4) is 0 Å². The number of carbonyl (C=O) groups is 2. The van der Waals surface area contributed by atoms with Gasteiger partial charge in [-0.05, 0) is 41.8 Å². The Hall–Kier alpha value is -3.22. The van der Waals surface area contributed by atoms with Gasteiger partial charge < -0.3 is 24.4 Å². The summed E-state index contributed by atoms with van der Waals surface area (Å²) in [7, 11) is 4.49. The van der Waals surface area contributed by atoms with Crippen LogP contribution in [0.1, 0.15) is 28.4 Å². The maximum Gasteiger partial charge on any atom is 0.259 e. The zero-order valence-electron chi connectivity index (χ0n) is 16.5. The Kier molecular flexibility index (Phi) is 5.73. The fourth-order valence-corrected chi connectivity index (χ4v) is 3.38. The number of rotatable bonds is 5. The van der Waals surface area contributed by atoms with E-state index in [4.69, 9.17) is 14.2 Å². The van der Waals surface area contributed by atoms with Crippen LogP contribution < -0.4 is 19.5 Å². The van der Waals surface area contributed by atoms with E-state index in [-0.39, 0.29) is 11.8 Å². The summed E-state index contributed by atoms with van der Waals surface area (Å²) in [6, 6.07) is 9.07. The Balaban J connectivity index is 1.86. The number of anilines is 1. The first kappa shape index (κ1) is 19.5. The third-order valence-electron chi connectivity index (χ3n) is 4.87. The number of fused-ring (bicyclic) bond motifs is 1. The van der Waals surface area contributed by atoms with Gasteiger partial charge in [0.05, 0.1) is 26.9 Å². The van der Waals surface area contributed by atoms with Gasteiger partial charge in [-0.15, -0.1) is 0 Å². The van der Waals surface area contributed by atoms with Crippen LogP contribution in [0, 0.1) is 0 Å². The van der Waals surface area contributed by atoms with Crippen LogP contribution in [-0.4, -0.2) is 44.6 Å². The summed E-state index contributed by atoms with van der Waals surface area (Å²) in [5, 5.41) is 2.90. The van der Waals surface area contributed by atoms with Crippen molar-refractivity contribution in [3.63, 3.8) is 0 Å². The molecule has 0 unspecified atom stereocenters. The topological polar surface area (TPSA) is 77.1 Å². The van der Waals surface area contributed by atoms with E-state index in [9.17, 15) is 9.59 Å². The minimum atomic E-state index is -0.322. The normalized spacial score (nSPS) is 12.8. The Morgan fingerprint density at radius 3 is 2.36 bits per heavy atom. The van der Waals surface area contributed by atoms with Crippen LogP contribution in [0.2, 0.25) is 0 Å². The molecule has 7 nitrogen and oxygen atoms in total. The van der Waals surface area contributed by atoms with Crippen LogP contribution in [0.25, 0.3) is 0 Å². The van der Waals surface area contributed by atoms with Crippen LogP contribution in [0.15, 0.2) is 30.3 Å². The number of hydrogen-bond acceptors (Lipinski definition) is 5. The number of amides is 2. The standard InChI is InChI=1S/C21H24N2O5/c1-13(24)23-10-9-14-5-6-16(11-15(14)12-23)22-21(25)17-7-8-18(26-2)20(28-4)19(17)27-3/h5-8,11H,9-10,12H2,1-4H3,(H,22,25). The molecule has 0 atom stereocenters. The maximum atomic E-state index is 12.9. The average molecular weight is 384 g/mol. The lowest BCUT2D eigenvalue weighted by molar-refractivity contribution is -0.129. The van der Waals surface area contributed by atoms with Gasteiger partial charge in [0.25, 0.3) is 5.91 Å². The maximum absolute atomic E-state index is 12.9. The van der Waals surface area contributed by atoms with E-state index >= 15 is 0 Å². The largest absolute Gasteiger partial charge is 0.493 e. The average Bonchev–Trinajstić information content (AvgIpc) is 2.71. The van der Waals surface area contributed by atoms with Crippen molar-refractivity contribution in [2.45, 2.75) is 19.9 Å². The highest BCUT2D eigenvalue weighted by Gasteiger charge is 2.22. The molecule has 0 saturated heterocycles. The predicted molar refractivity (Wildman–Crippen MR) is 105 cm³/mol. The molecule has 0 bridgehead atoms. The fourth-order valence-electron chi connectivity index (χ4n) is 3.38. The molecule has 1 aliphatic heterocycles. The van der Waals surface area contributed by atoms with Crippen molar-refractivity contribution in [3.05, 3.63) is 47.0 Å². The minimum Gasteiger partial charge on any atom is -0.493 e. The molecule has 1 N–H and O–H groups in total. The van der Waals surface area contributed by atoms with E-state index in [1.54, 1.807) is 24.0 Å². The highest BCUT2D eigenvalue weighted by atomic mass is 16.5. The number of ether oxygens (including phenoxy) is 3. The van der Waals surface area contributed by atoms with E-state index in [1.807, 2.05) is 18.2 Å². The van der Waals surface area contributed by atoms with Gasteiger partial charge in [-0.3, -0.25) is 9.59 Å². The summed E-state index contributed by atoms with van der Waals surface area (Å²) >= 11 is 0. The molecular weight excluding hydrogens is 360 g/mol. The van der Waals surface area contributed by atoms with Gasteiger partial charge in [0.1, 0.15) is 0 Å². The van der Waals surface area contributed by atoms with Gasteiger partial charge in [-0.2, -0.15) is 0 Å². The third-order valence-corrected chi connectivity index (χ3v) is 4.87. The summed E-state index contributed by atoms with van der Waals surface area (Å²) in [5.41, 5.74) is 3.23. The van der Waals surface area contributed by atoms with Crippen LogP contribution in [-0.2, 0) is 17.8 Å². The number of nitrogens with one attached hydrogen (secondary N) is 1. The molecule has 0 radical (unpaired) electrons. The van der Waals surface area contributed by atoms with Crippen molar-refractivity contribution in [2.24, 2.45) is 0 Å². The van der Waals surface area contributed by atoms with Gasteiger partial charge >= 0.3 is 0 Å². The number of benzene rings is 2. The summed E-state index contributed by atoms with van der Waals surface area (Å²) in [6.07, 6.45) is 0.812. The molecule has 0 spiro atoms. The molecule has 2 aromatic carbocycles. The molecule has 0 saturated carbocycles. The number of methoxy groups -OCH3 is 3. The molecule has 0 aromatic heterocycles. The summed E-state index contributed by atoms with van der Waals surface area (Å²) in [4.78, 5) is 26.3. The molecule has 2 amide bonds. The first-order valence-corrected chi connectivity index (χ1v) is 8.96. The molecule has 1 aliphatic rings. The molecule has 7 heteroatoms. The lowest BCUT2D eigenvalue weighted by atomic mass is 9.99. The minimum absolute atomic E-state index is 0.0511. The van der Waals surface area contributed by atoms with Crippen LogP contribution >= 0.6 is 0 Å². The van der Waals surface area contributed by atoms with Crippen molar-refractivity contribution in [3.8, 4) is 17.2 Å². The van der Waals surface area contributed by atoms with Crippen LogP contribution in [0.5, 0.6) is 17.2 Å². The Morgan fingerprint density at radius 2 is 1.71 bits per heavy atom. The highest BCUT2D eigenvalue weighted by molar-refractivity contribution is 6.07. The monoisotopic (exact) mass is 384 g/mol. The second kappa shape index (κ2) is 8.21. The van der Waals surface area contributed by atoms with E-state index < -0.39 is 0 Å². The molecule has 2 aromatic rings. The van der Waals surface area contributed by atoms with Gasteiger partial charge in [0, 0.05) is 25.7 Å². The van der Waals surface area contributed by atoms with Crippen molar-refractivity contribution < 1.29 is 23.8 Å². The fraction of sp³-hybridized carbons (Fsp3) is 0.333. The van der Waals surface area contributed by atoms with Gasteiger partial charge in [0.15, 0.2) is 11.5 Å². The van der Waals surface area contributed by atoms with Crippen molar-refractivity contribution >= 4 is 17.5 Å². The zero-order chi connectivity index (χ0) is 20.3. The lowest BCUT2D eigenvalue weighted by Crippen LogP contribution is -2.34. The smallest absolute Gasteiger partial charge is 0.259 e. The second-order valence-corrected chi connectivity index (χ2v) is 6.51. The Labute approximate surface area is 164 Å². The van der Waals surface area contributed by atoms with E-state index in [1.165, 1.54) is 26.9 Å². The van der Waals surface area contributed by atoms with Gasteiger partial charge in [-0.25, -0.2) is 0 Å². The van der Waals surface area contributed by atoms with Crippen LogP contribution in [0.4, 0.5) is 5.69 Å². The predicted octanol–water partition coefficient (Wildman–Crippen LogP) is 2.87. The van der Waals surface area contributed by atoms with Crippen molar-refractivity contribution in [1.82, 2.24) is 4.90 Å². The molecule has 3 rings (SSSR count). The molecule has 0 fully saturated rings. The van der Waals surface area contributed by atoms with E-state index in [0.29, 0.717) is 35.0 Å². The highest BCUT2D eigenvalue weighted by Crippen LogP contribution is 2.40. The lowest BCUT2D eigenvalue weighted by Gasteiger charge is -2.28. The number of carbonyl (C=O) groups excluding carboxylic acids is 2. The second-order valence-electron chi connectivity index (χ2n) is 6.51. The number of nitrogens with zero attached hydrogens (tertiary/aromatic N) is 1. The molecule has 28 heavy (non-hydrogen) atoms. The molecule has 1 heterocycles. The SMILES string of the molecule is COc1ccc(C(=O)Nc2ccc3c(c2)CN(C(C)=O)CC3)c(OC)c1OC. The van der Waals surface area contributed by atoms with E-state index in [2.05, 4.69) is 5.32 Å². The molecule has 0 aliphatic carbocycles. The Bertz CT molecular complexity index is 910. The van der Waals surface area contributed by atoms with Crippen molar-refractivity contribution in [2.75, 3.05) is 33.2 Å². The Morgan fingerprint density at radius 1 is 0.964 bits per heavy atom. The van der Waals surface area contributed by atoms with Gasteiger partial charge in [0.2, 0.25) is 11.7 Å². The first-order valence-electron chi connectivity index (χ1n) is 8.96. The third kappa shape index (κ3) is 3.74. The molecular formula is C21H24N2O5. The zero-order valence-corrected chi connectivity index (χ0v) is 16.5. The first-order chi connectivity index (χ1) is 13.5. The quantitative estimate of drug-likeness (QED) is 0.858. The number of hydrogen-bond donors (Lipinski definition) is 1. The summed E-state index contributed by atoms with van der Waals surface area (Å²) in [5.74, 6) is 0.876. The van der Waals surface area contributed by atoms with Gasteiger partial charge in [-0.1, -0.05) is 6.07 Å². The summed E-state index contributed by atoms with van der Waals surface area (Å²) in [6.45, 7) is 2.84. The van der Waals surface area contributed by atoms with Crippen molar-refractivity contribution in [1.29, 1.82) is 0 Å². The van der Waals surface area contributed by atoms with E-state index in [0.717, 1.165) is 18.5 Å². The summed E-state index contributed by atoms with van der Waals surface area (Å²) < 4.78 is 16.0.